The van der Waals surface area contributed by atoms with Crippen molar-refractivity contribution >= 4 is 17.4 Å². The van der Waals surface area contributed by atoms with E-state index < -0.39 is 53.8 Å². The average Bonchev–Trinajstić information content (AvgIpc) is 3.62. The predicted molar refractivity (Wildman–Crippen MR) is 119 cm³/mol. The van der Waals surface area contributed by atoms with Crippen molar-refractivity contribution < 1.29 is 31.1 Å². The van der Waals surface area contributed by atoms with Gasteiger partial charge in [-0.1, -0.05) is 0 Å². The van der Waals surface area contributed by atoms with E-state index in [-0.39, 0.29) is 23.5 Å². The molecule has 2 fully saturated rings. The number of carbonyl (C=O) groups excluding carboxylic acids is 1. The van der Waals surface area contributed by atoms with Crippen molar-refractivity contribution in [3.05, 3.63) is 41.6 Å². The quantitative estimate of drug-likeness (QED) is 0.182. The van der Waals surface area contributed by atoms with Crippen LogP contribution >= 0.6 is 0 Å². The molecule has 1 unspecified atom stereocenters. The van der Waals surface area contributed by atoms with E-state index >= 15 is 0 Å². The Morgan fingerprint density at radius 2 is 1.72 bits per heavy atom. The number of aliphatic imine (C=N–C) groups is 1. The summed E-state index contributed by atoms with van der Waals surface area (Å²) in [5.74, 6) is -2.40. The van der Waals surface area contributed by atoms with E-state index in [0.29, 0.717) is 25.7 Å². The average molecular weight is 516 g/mol. The van der Waals surface area contributed by atoms with Crippen molar-refractivity contribution in [1.29, 1.82) is 5.26 Å². The van der Waals surface area contributed by atoms with Gasteiger partial charge in [0.05, 0.1) is 28.8 Å². The summed E-state index contributed by atoms with van der Waals surface area (Å²) in [4.78, 5) is 15.8. The zero-order valence-electron chi connectivity index (χ0n) is 19.0. The molecule has 13 heteroatoms. The lowest BCUT2D eigenvalue weighted by Gasteiger charge is -2.36. The fraction of sp³-hybridized carbons (Fsp3) is 0.522. The number of amidine groups is 1. The van der Waals surface area contributed by atoms with Gasteiger partial charge in [0.15, 0.2) is 0 Å². The van der Waals surface area contributed by atoms with Gasteiger partial charge in [-0.05, 0) is 62.3 Å². The van der Waals surface area contributed by atoms with Gasteiger partial charge in [0, 0.05) is 18.3 Å². The van der Waals surface area contributed by atoms with Gasteiger partial charge in [0.1, 0.15) is 11.9 Å². The van der Waals surface area contributed by atoms with Crippen LogP contribution in [-0.4, -0.2) is 36.0 Å². The number of nitrogens with zero attached hydrogens (tertiary/aromatic N) is 2. The van der Waals surface area contributed by atoms with Crippen molar-refractivity contribution in [2.75, 3.05) is 0 Å². The Hall–Kier alpha value is -3.27. The Bertz CT molecular complexity index is 1040. The minimum Gasteiger partial charge on any atom is -0.386 e. The second-order valence-corrected chi connectivity index (χ2v) is 9.01. The van der Waals surface area contributed by atoms with Crippen LogP contribution in [-0.2, 0) is 11.0 Å². The number of rotatable bonds is 8. The van der Waals surface area contributed by atoms with Crippen molar-refractivity contribution in [1.82, 2.24) is 10.6 Å². The Morgan fingerprint density at radius 1 is 1.08 bits per heavy atom. The third-order valence-electron chi connectivity index (χ3n) is 6.30. The third kappa shape index (κ3) is 7.13. The molecule has 0 aliphatic heterocycles. The summed E-state index contributed by atoms with van der Waals surface area (Å²) in [6, 6.07) is 3.34. The largest absolute Gasteiger partial charge is 0.416 e. The number of hydrogen-bond acceptors (Lipinski definition) is 5. The molecule has 2 aliphatic rings. The number of nitrogens with two attached hydrogens (primary N) is 2. The van der Waals surface area contributed by atoms with Crippen LogP contribution in [0, 0.1) is 23.2 Å². The molecule has 1 aromatic carbocycles. The van der Waals surface area contributed by atoms with Gasteiger partial charge in [-0.25, -0.2) is 4.99 Å². The molecular formula is C23H26F6N6O. The standard InChI is InChI=1S/C23H26F6N6O/c24-22(25,26)14-3-5-15(6-4-14)35-20(31)17(21(32)36)11-33-18-8-7-16(9-13(18)10-30)34-19(12-1-2-12)23(27,28)29/h3-6,11-13,16,18-19,33-34H,1-2,7-9H2,(H2,31,35)(H2,32,36)/b17-11+/t13-,16-,18+,19?/m1/s1. The Labute approximate surface area is 203 Å². The second kappa shape index (κ2) is 10.8. The maximum atomic E-state index is 13.3. The highest BCUT2D eigenvalue weighted by molar-refractivity contribution is 6.20. The summed E-state index contributed by atoms with van der Waals surface area (Å²) < 4.78 is 78.2. The molecule has 0 radical (unpaired) electrons. The number of amides is 1. The molecule has 0 spiro atoms. The van der Waals surface area contributed by atoms with Crippen LogP contribution in [0.15, 0.2) is 41.0 Å². The maximum Gasteiger partial charge on any atom is 0.416 e. The van der Waals surface area contributed by atoms with Crippen LogP contribution in [0.2, 0.25) is 0 Å². The molecule has 7 nitrogen and oxygen atoms in total. The molecule has 1 amide bonds. The lowest BCUT2D eigenvalue weighted by molar-refractivity contribution is -0.163. The molecule has 0 heterocycles. The zero-order valence-corrected chi connectivity index (χ0v) is 19.0. The first kappa shape index (κ1) is 27.3. The molecule has 36 heavy (non-hydrogen) atoms. The van der Waals surface area contributed by atoms with Crippen LogP contribution in [0.25, 0.3) is 0 Å². The molecule has 196 valence electrons. The highest BCUT2D eigenvalue weighted by atomic mass is 19.4. The SMILES string of the molecule is N#C[C@H]1C[C@H](NC(C2CC2)C(F)(F)F)CC[C@@H]1N/C=C(/C(N)=O)C(N)=Nc1ccc(C(F)(F)F)cc1. The van der Waals surface area contributed by atoms with Gasteiger partial charge in [-0.2, -0.15) is 31.6 Å². The molecule has 0 bridgehead atoms. The minimum atomic E-state index is -4.52. The molecule has 0 aromatic heterocycles. The van der Waals surface area contributed by atoms with E-state index in [9.17, 15) is 36.4 Å². The van der Waals surface area contributed by atoms with Crippen molar-refractivity contribution in [2.24, 2.45) is 28.3 Å². The van der Waals surface area contributed by atoms with Gasteiger partial charge in [0.2, 0.25) is 0 Å². The number of nitrogens with one attached hydrogen (secondary N) is 2. The lowest BCUT2D eigenvalue weighted by atomic mass is 9.82. The smallest absolute Gasteiger partial charge is 0.386 e. The summed E-state index contributed by atoms with van der Waals surface area (Å²) in [6.07, 6.45) is -5.75. The highest BCUT2D eigenvalue weighted by Gasteiger charge is 2.50. The fourth-order valence-electron chi connectivity index (χ4n) is 4.23. The Morgan fingerprint density at radius 3 is 2.22 bits per heavy atom. The summed E-state index contributed by atoms with van der Waals surface area (Å²) in [5, 5.41) is 15.1. The van der Waals surface area contributed by atoms with E-state index in [4.69, 9.17) is 11.5 Å². The van der Waals surface area contributed by atoms with Crippen LogP contribution in [0.4, 0.5) is 32.0 Å². The monoisotopic (exact) mass is 516 g/mol. The van der Waals surface area contributed by atoms with Crippen molar-refractivity contribution in [3.8, 4) is 6.07 Å². The normalized spacial score (nSPS) is 24.6. The zero-order chi connectivity index (χ0) is 26.7. The number of halogens is 6. The van der Waals surface area contributed by atoms with Gasteiger partial charge >= 0.3 is 12.4 Å². The Kier molecular flexibility index (Phi) is 8.18. The van der Waals surface area contributed by atoms with Crippen molar-refractivity contribution in [2.45, 2.75) is 62.6 Å². The van der Waals surface area contributed by atoms with Crippen LogP contribution in [0.5, 0.6) is 0 Å². The van der Waals surface area contributed by atoms with Gasteiger partial charge in [-0.3, -0.25) is 4.79 Å². The number of benzene rings is 1. The van der Waals surface area contributed by atoms with E-state index in [2.05, 4.69) is 21.7 Å². The fourth-order valence-corrected chi connectivity index (χ4v) is 4.23. The molecular weight excluding hydrogens is 490 g/mol. The van der Waals surface area contributed by atoms with Gasteiger partial charge in [-0.15, -0.1) is 0 Å². The number of nitriles is 1. The van der Waals surface area contributed by atoms with Crippen LogP contribution < -0.4 is 22.1 Å². The first-order chi connectivity index (χ1) is 16.8. The highest BCUT2D eigenvalue weighted by Crippen LogP contribution is 2.41. The van der Waals surface area contributed by atoms with Crippen LogP contribution in [0.3, 0.4) is 0 Å². The van der Waals surface area contributed by atoms with E-state index in [1.54, 1.807) is 0 Å². The number of alkyl halides is 6. The summed E-state index contributed by atoms with van der Waals surface area (Å²) in [7, 11) is 0. The Balaban J connectivity index is 1.67. The van der Waals surface area contributed by atoms with E-state index in [1.807, 2.05) is 0 Å². The topological polar surface area (TPSA) is 129 Å². The van der Waals surface area contributed by atoms with E-state index in [0.717, 1.165) is 24.3 Å². The summed E-state index contributed by atoms with van der Waals surface area (Å²) >= 11 is 0. The predicted octanol–water partition coefficient (Wildman–Crippen LogP) is 3.64. The van der Waals surface area contributed by atoms with Crippen LogP contribution in [0.1, 0.15) is 37.7 Å². The third-order valence-corrected chi connectivity index (χ3v) is 6.30. The number of primary amides is 1. The van der Waals surface area contributed by atoms with Gasteiger partial charge in [0.25, 0.3) is 5.91 Å². The second-order valence-electron chi connectivity index (χ2n) is 9.01. The first-order valence-corrected chi connectivity index (χ1v) is 11.3. The summed E-state index contributed by atoms with van der Waals surface area (Å²) in [6.45, 7) is 0. The van der Waals surface area contributed by atoms with E-state index in [1.165, 1.54) is 6.20 Å². The molecule has 0 saturated heterocycles. The lowest BCUT2D eigenvalue weighted by Crippen LogP contribution is -2.52. The minimum absolute atomic E-state index is 0.0593. The molecule has 3 rings (SSSR count). The molecule has 2 aliphatic carbocycles. The van der Waals surface area contributed by atoms with Gasteiger partial charge < -0.3 is 22.1 Å². The van der Waals surface area contributed by atoms with Crippen molar-refractivity contribution in [3.63, 3.8) is 0 Å². The number of carbonyl (C=O) groups is 1. The maximum absolute atomic E-state index is 13.3. The first-order valence-electron chi connectivity index (χ1n) is 11.3. The molecule has 4 atom stereocenters. The molecule has 6 N–H and O–H groups in total. The number of hydrogen-bond donors (Lipinski definition) is 4. The molecule has 2 saturated carbocycles. The molecule has 1 aromatic rings. The summed E-state index contributed by atoms with van der Waals surface area (Å²) in [5.41, 5.74) is 10.1.